The van der Waals surface area contributed by atoms with E-state index in [2.05, 4.69) is 12.3 Å². The summed E-state index contributed by atoms with van der Waals surface area (Å²) < 4.78 is 9.91. The van der Waals surface area contributed by atoms with Crippen LogP contribution in [-0.2, 0) is 23.9 Å². The van der Waals surface area contributed by atoms with Crippen molar-refractivity contribution in [1.29, 1.82) is 0 Å². The Hall–Kier alpha value is -1.87. The zero-order valence-corrected chi connectivity index (χ0v) is 12.4. The fraction of sp³-hybridized carbons (Fsp3) is 0.600. The Bertz CT molecular complexity index is 386. The number of ether oxygens (including phenoxy) is 2. The molecule has 112 valence electrons. The van der Waals surface area contributed by atoms with Gasteiger partial charge in [-0.25, -0.2) is 0 Å². The van der Waals surface area contributed by atoms with Crippen LogP contribution in [0.5, 0.6) is 0 Å². The Kier molecular flexibility index (Phi) is 8.25. The van der Waals surface area contributed by atoms with Crippen LogP contribution in [0.2, 0.25) is 0 Å². The van der Waals surface area contributed by atoms with Crippen molar-refractivity contribution < 1.29 is 23.9 Å². The van der Waals surface area contributed by atoms with Crippen molar-refractivity contribution in [2.24, 2.45) is 5.41 Å². The maximum absolute atomic E-state index is 12.2. The van der Waals surface area contributed by atoms with E-state index in [9.17, 15) is 14.4 Å². The molecule has 0 aromatic rings. The van der Waals surface area contributed by atoms with Crippen molar-refractivity contribution in [2.45, 2.75) is 40.0 Å². The number of Topliss-reactive ketones (excluding diaryl/α,β-unsaturated/α-hetero) is 1. The Labute approximate surface area is 119 Å². The van der Waals surface area contributed by atoms with Crippen molar-refractivity contribution in [3.05, 3.63) is 18.4 Å². The van der Waals surface area contributed by atoms with Gasteiger partial charge in [0.05, 0.1) is 13.2 Å². The molecule has 0 amide bonds. The zero-order chi connectivity index (χ0) is 15.6. The van der Waals surface area contributed by atoms with Crippen LogP contribution >= 0.6 is 0 Å². The summed E-state index contributed by atoms with van der Waals surface area (Å²) in [6.45, 7) is 8.60. The topological polar surface area (TPSA) is 69.7 Å². The Morgan fingerprint density at radius 1 is 1.10 bits per heavy atom. The largest absolute Gasteiger partial charge is 0.465 e. The van der Waals surface area contributed by atoms with Gasteiger partial charge in [-0.2, -0.15) is 0 Å². The summed E-state index contributed by atoms with van der Waals surface area (Å²) in [6.07, 6.45) is 1.42. The zero-order valence-electron chi connectivity index (χ0n) is 12.4. The molecule has 5 nitrogen and oxygen atoms in total. The minimum absolute atomic E-state index is 0.0140. The number of allylic oxidation sites excluding steroid dienone is 1. The monoisotopic (exact) mass is 282 g/mol. The van der Waals surface area contributed by atoms with E-state index in [1.54, 1.807) is 20.8 Å². The molecule has 0 radical (unpaired) electrons. The molecular formula is C15H22O5. The molecule has 0 fully saturated rings. The van der Waals surface area contributed by atoms with Crippen LogP contribution in [0, 0.1) is 5.41 Å². The Morgan fingerprint density at radius 3 is 1.95 bits per heavy atom. The van der Waals surface area contributed by atoms with Crippen molar-refractivity contribution in [3.8, 4) is 0 Å². The van der Waals surface area contributed by atoms with Crippen molar-refractivity contribution in [1.82, 2.24) is 0 Å². The third-order valence-corrected chi connectivity index (χ3v) is 2.82. The smallest absolute Gasteiger partial charge is 0.324 e. The van der Waals surface area contributed by atoms with E-state index in [4.69, 9.17) is 9.47 Å². The van der Waals surface area contributed by atoms with Gasteiger partial charge in [-0.15, -0.1) is 5.73 Å². The summed E-state index contributed by atoms with van der Waals surface area (Å²) >= 11 is 0. The molecule has 0 aromatic heterocycles. The summed E-state index contributed by atoms with van der Waals surface area (Å²) in [5.41, 5.74) is 0.871. The predicted octanol–water partition coefficient (Wildman–Crippen LogP) is 2.20. The fourth-order valence-electron chi connectivity index (χ4n) is 1.71. The highest BCUT2D eigenvalue weighted by atomic mass is 16.6. The molecule has 0 N–H and O–H groups in total. The molecule has 0 saturated carbocycles. The maximum atomic E-state index is 12.2. The lowest BCUT2D eigenvalue weighted by molar-refractivity contribution is -0.173. The van der Waals surface area contributed by atoms with E-state index in [0.29, 0.717) is 0 Å². The average molecular weight is 282 g/mol. The van der Waals surface area contributed by atoms with Crippen LogP contribution in [0.15, 0.2) is 18.4 Å². The van der Waals surface area contributed by atoms with E-state index in [-0.39, 0.29) is 38.3 Å². The van der Waals surface area contributed by atoms with Crippen molar-refractivity contribution in [3.63, 3.8) is 0 Å². The summed E-state index contributed by atoms with van der Waals surface area (Å²) in [7, 11) is 0. The number of esters is 2. The third kappa shape index (κ3) is 4.67. The van der Waals surface area contributed by atoms with Crippen molar-refractivity contribution in [2.75, 3.05) is 13.2 Å². The highest BCUT2D eigenvalue weighted by molar-refractivity contribution is 6.04. The number of rotatable bonds is 9. The average Bonchev–Trinajstić information content (AvgIpc) is 2.43. The molecule has 20 heavy (non-hydrogen) atoms. The number of carbonyl (C=O) groups excluding carboxylic acids is 3. The van der Waals surface area contributed by atoms with Crippen LogP contribution in [0.4, 0.5) is 0 Å². The van der Waals surface area contributed by atoms with Crippen LogP contribution < -0.4 is 0 Å². The molecule has 0 bridgehead atoms. The molecule has 0 aliphatic rings. The fourth-order valence-corrected chi connectivity index (χ4v) is 1.71. The second-order valence-electron chi connectivity index (χ2n) is 4.20. The molecule has 0 atom stereocenters. The van der Waals surface area contributed by atoms with Crippen LogP contribution in [0.3, 0.4) is 0 Å². The number of hydrogen-bond acceptors (Lipinski definition) is 5. The van der Waals surface area contributed by atoms with E-state index in [0.717, 1.165) is 0 Å². The molecule has 0 saturated heterocycles. The van der Waals surface area contributed by atoms with Gasteiger partial charge < -0.3 is 9.47 Å². The molecule has 5 heteroatoms. The predicted molar refractivity (Wildman–Crippen MR) is 73.9 cm³/mol. The van der Waals surface area contributed by atoms with Crippen LogP contribution in [0.25, 0.3) is 0 Å². The molecule has 0 spiro atoms. The first-order valence-electron chi connectivity index (χ1n) is 6.68. The maximum Gasteiger partial charge on any atom is 0.324 e. The Morgan fingerprint density at radius 2 is 1.60 bits per heavy atom. The molecule has 0 aliphatic heterocycles. The first-order valence-corrected chi connectivity index (χ1v) is 6.68. The number of carbonyl (C=O) groups is 3. The molecule has 0 heterocycles. The first kappa shape index (κ1) is 18.1. The second kappa shape index (κ2) is 9.10. The van der Waals surface area contributed by atoms with Gasteiger partial charge in [0.2, 0.25) is 0 Å². The van der Waals surface area contributed by atoms with E-state index >= 15 is 0 Å². The lowest BCUT2D eigenvalue weighted by Gasteiger charge is -2.27. The summed E-state index contributed by atoms with van der Waals surface area (Å²) in [4.78, 5) is 36.1. The summed E-state index contributed by atoms with van der Waals surface area (Å²) in [6, 6.07) is 0. The SMILES string of the molecule is C=C=CCC(CC(=O)CC)(C(=O)OCC)C(=O)OCC. The molecule has 0 unspecified atom stereocenters. The van der Waals surface area contributed by atoms with Crippen LogP contribution in [0.1, 0.15) is 40.0 Å². The standard InChI is InChI=1S/C15H22O5/c1-5-9-10-15(11-12(16)6-2,13(17)19-7-3)14(18)20-8-4/h9H,1,6-8,10-11H2,2-4H3. The van der Waals surface area contributed by atoms with Gasteiger partial charge in [-0.1, -0.05) is 13.5 Å². The quantitative estimate of drug-likeness (QED) is 0.368. The highest BCUT2D eigenvalue weighted by Gasteiger charge is 2.49. The van der Waals surface area contributed by atoms with Crippen LogP contribution in [-0.4, -0.2) is 30.9 Å². The Balaban J connectivity index is 5.59. The van der Waals surface area contributed by atoms with E-state index in [1.807, 2.05) is 0 Å². The lowest BCUT2D eigenvalue weighted by Crippen LogP contribution is -2.43. The van der Waals surface area contributed by atoms with Gasteiger partial charge in [-0.05, 0) is 19.9 Å². The number of ketones is 1. The third-order valence-electron chi connectivity index (χ3n) is 2.82. The molecule has 0 rings (SSSR count). The summed E-state index contributed by atoms with van der Waals surface area (Å²) in [5, 5.41) is 0. The normalized spacial score (nSPS) is 10.3. The highest BCUT2D eigenvalue weighted by Crippen LogP contribution is 2.32. The van der Waals surface area contributed by atoms with Gasteiger partial charge in [0.15, 0.2) is 5.41 Å². The van der Waals surface area contributed by atoms with Gasteiger partial charge in [0.1, 0.15) is 5.78 Å². The lowest BCUT2D eigenvalue weighted by atomic mass is 9.79. The first-order chi connectivity index (χ1) is 9.48. The molecule has 0 aliphatic carbocycles. The van der Waals surface area contributed by atoms with Gasteiger partial charge in [-0.3, -0.25) is 14.4 Å². The van der Waals surface area contributed by atoms with Gasteiger partial charge in [0, 0.05) is 19.3 Å². The second-order valence-corrected chi connectivity index (χ2v) is 4.20. The minimum Gasteiger partial charge on any atom is -0.465 e. The minimum atomic E-state index is -1.64. The van der Waals surface area contributed by atoms with E-state index < -0.39 is 17.4 Å². The number of hydrogen-bond donors (Lipinski definition) is 0. The van der Waals surface area contributed by atoms with E-state index in [1.165, 1.54) is 6.08 Å². The van der Waals surface area contributed by atoms with Gasteiger partial charge in [0.25, 0.3) is 0 Å². The van der Waals surface area contributed by atoms with Crippen molar-refractivity contribution >= 4 is 17.7 Å². The van der Waals surface area contributed by atoms with Gasteiger partial charge >= 0.3 is 11.9 Å². The molecular weight excluding hydrogens is 260 g/mol. The molecule has 0 aromatic carbocycles. The summed E-state index contributed by atoms with van der Waals surface area (Å²) in [5.74, 6) is -1.69.